The molecular weight excluding hydrogens is 412 g/mol. The van der Waals surface area contributed by atoms with Gasteiger partial charge in [0, 0.05) is 35.8 Å². The van der Waals surface area contributed by atoms with Crippen LogP contribution in [0.1, 0.15) is 29.1 Å². The van der Waals surface area contributed by atoms with E-state index in [9.17, 15) is 14.9 Å². The molecule has 2 heterocycles. The van der Waals surface area contributed by atoms with Crippen LogP contribution < -0.4 is 4.90 Å². The number of hydrogen-bond acceptors (Lipinski definition) is 8. The van der Waals surface area contributed by atoms with Crippen molar-refractivity contribution < 1.29 is 18.9 Å². The van der Waals surface area contributed by atoms with Crippen molar-refractivity contribution in [2.24, 2.45) is 0 Å². The zero-order valence-corrected chi connectivity index (χ0v) is 16.5. The molecule has 0 radical (unpaired) electrons. The number of halogens is 1. The summed E-state index contributed by atoms with van der Waals surface area (Å²) in [5.41, 5.74) is 1.27. The number of non-ortho nitro benzene ring substituents is 1. The van der Waals surface area contributed by atoms with Crippen LogP contribution in [-0.2, 0) is 11.3 Å². The second-order valence-corrected chi connectivity index (χ2v) is 7.17. The van der Waals surface area contributed by atoms with Gasteiger partial charge in [0.15, 0.2) is 6.61 Å². The molecule has 1 fully saturated rings. The SMILES string of the molecule is O=C(OCc1nnc(-c2ccc(Cl)cc2)o1)c1cc([N+](=O)[O-])ccc1N1CCCC1. The van der Waals surface area contributed by atoms with Crippen LogP contribution in [0.2, 0.25) is 5.02 Å². The maximum absolute atomic E-state index is 12.7. The van der Waals surface area contributed by atoms with Crippen molar-refractivity contribution in [1.29, 1.82) is 0 Å². The smallest absolute Gasteiger partial charge is 0.341 e. The van der Waals surface area contributed by atoms with E-state index < -0.39 is 10.9 Å². The Balaban J connectivity index is 1.50. The van der Waals surface area contributed by atoms with Gasteiger partial charge in [-0.05, 0) is 43.2 Å². The molecule has 30 heavy (non-hydrogen) atoms. The highest BCUT2D eigenvalue weighted by molar-refractivity contribution is 6.30. The second kappa shape index (κ2) is 8.50. The number of aromatic nitrogens is 2. The van der Waals surface area contributed by atoms with Crippen LogP contribution in [-0.4, -0.2) is 34.2 Å². The van der Waals surface area contributed by atoms with Gasteiger partial charge < -0.3 is 14.1 Å². The number of nitrogens with zero attached hydrogens (tertiary/aromatic N) is 4. The van der Waals surface area contributed by atoms with Gasteiger partial charge >= 0.3 is 5.97 Å². The van der Waals surface area contributed by atoms with Crippen molar-refractivity contribution in [3.8, 4) is 11.5 Å². The number of ether oxygens (including phenoxy) is 1. The third-order valence-electron chi connectivity index (χ3n) is 4.74. The van der Waals surface area contributed by atoms with Gasteiger partial charge in [-0.25, -0.2) is 4.79 Å². The zero-order chi connectivity index (χ0) is 21.1. The first-order valence-corrected chi connectivity index (χ1v) is 9.68. The molecular formula is C20H17ClN4O5. The number of esters is 1. The minimum atomic E-state index is -0.688. The van der Waals surface area contributed by atoms with E-state index in [2.05, 4.69) is 10.2 Å². The molecule has 10 heteroatoms. The molecule has 1 aliphatic rings. The Hall–Kier alpha value is -3.46. The van der Waals surface area contributed by atoms with E-state index in [0.29, 0.717) is 16.3 Å². The van der Waals surface area contributed by atoms with Crippen molar-refractivity contribution in [2.75, 3.05) is 18.0 Å². The molecule has 4 rings (SSSR count). The molecule has 0 amide bonds. The fraction of sp³-hybridized carbons (Fsp3) is 0.250. The van der Waals surface area contributed by atoms with Crippen LogP contribution in [0, 0.1) is 10.1 Å². The Labute approximate surface area is 176 Å². The van der Waals surface area contributed by atoms with E-state index in [0.717, 1.165) is 25.9 Å². The molecule has 2 aromatic carbocycles. The molecule has 154 valence electrons. The standard InChI is InChI=1S/C20H17ClN4O5/c21-14-5-3-13(4-6-14)19-23-22-18(30-19)12-29-20(26)16-11-15(25(27)28)7-8-17(16)24-9-1-2-10-24/h3-8,11H,1-2,9-10,12H2. The largest absolute Gasteiger partial charge is 0.452 e. The Morgan fingerprint density at radius 3 is 2.60 bits per heavy atom. The summed E-state index contributed by atoms with van der Waals surface area (Å²) >= 11 is 5.87. The maximum Gasteiger partial charge on any atom is 0.341 e. The van der Waals surface area contributed by atoms with E-state index in [1.165, 1.54) is 12.1 Å². The van der Waals surface area contributed by atoms with Gasteiger partial charge in [0.25, 0.3) is 11.6 Å². The lowest BCUT2D eigenvalue weighted by atomic mass is 10.1. The second-order valence-electron chi connectivity index (χ2n) is 6.74. The number of carbonyl (C=O) groups is 1. The first kappa shape index (κ1) is 19.8. The Bertz CT molecular complexity index is 1080. The molecule has 9 nitrogen and oxygen atoms in total. The lowest BCUT2D eigenvalue weighted by Gasteiger charge is -2.20. The molecule has 0 N–H and O–H groups in total. The molecule has 0 atom stereocenters. The van der Waals surface area contributed by atoms with Crippen LogP contribution in [0.5, 0.6) is 0 Å². The highest BCUT2D eigenvalue weighted by atomic mass is 35.5. The fourth-order valence-corrected chi connectivity index (χ4v) is 3.39. The molecule has 1 aliphatic heterocycles. The van der Waals surface area contributed by atoms with Crippen LogP contribution >= 0.6 is 11.6 Å². The van der Waals surface area contributed by atoms with Gasteiger partial charge in [0.1, 0.15) is 0 Å². The minimum absolute atomic E-state index is 0.112. The molecule has 3 aromatic rings. The Morgan fingerprint density at radius 2 is 1.90 bits per heavy atom. The summed E-state index contributed by atoms with van der Waals surface area (Å²) in [6.07, 6.45) is 2.00. The number of carbonyl (C=O) groups excluding carboxylic acids is 1. The molecule has 0 bridgehead atoms. The summed E-state index contributed by atoms with van der Waals surface area (Å²) in [7, 11) is 0. The lowest BCUT2D eigenvalue weighted by molar-refractivity contribution is -0.384. The topological polar surface area (TPSA) is 112 Å². The fourth-order valence-electron chi connectivity index (χ4n) is 3.26. The zero-order valence-electron chi connectivity index (χ0n) is 15.8. The first-order chi connectivity index (χ1) is 14.5. The van der Waals surface area contributed by atoms with E-state index in [-0.39, 0.29) is 29.6 Å². The Morgan fingerprint density at radius 1 is 1.17 bits per heavy atom. The van der Waals surface area contributed by atoms with Gasteiger partial charge in [0.2, 0.25) is 5.89 Å². The minimum Gasteiger partial charge on any atom is -0.452 e. The van der Waals surface area contributed by atoms with Gasteiger partial charge in [-0.15, -0.1) is 10.2 Å². The summed E-state index contributed by atoms with van der Waals surface area (Å²) in [5, 5.41) is 19.5. The monoisotopic (exact) mass is 428 g/mol. The predicted molar refractivity (Wildman–Crippen MR) is 108 cm³/mol. The van der Waals surface area contributed by atoms with E-state index in [1.54, 1.807) is 30.3 Å². The highest BCUT2D eigenvalue weighted by Gasteiger charge is 2.24. The predicted octanol–water partition coefficient (Wildman–Crippen LogP) is 4.26. The van der Waals surface area contributed by atoms with Crippen LogP contribution in [0.15, 0.2) is 46.9 Å². The third-order valence-corrected chi connectivity index (χ3v) is 4.99. The van der Waals surface area contributed by atoms with E-state index in [4.69, 9.17) is 20.8 Å². The van der Waals surface area contributed by atoms with Crippen molar-refractivity contribution in [1.82, 2.24) is 10.2 Å². The highest BCUT2D eigenvalue weighted by Crippen LogP contribution is 2.29. The first-order valence-electron chi connectivity index (χ1n) is 9.30. The number of benzene rings is 2. The Kier molecular flexibility index (Phi) is 5.62. The van der Waals surface area contributed by atoms with Crippen LogP contribution in [0.25, 0.3) is 11.5 Å². The lowest BCUT2D eigenvalue weighted by Crippen LogP contribution is -2.21. The summed E-state index contributed by atoms with van der Waals surface area (Å²) in [4.78, 5) is 25.3. The van der Waals surface area contributed by atoms with E-state index >= 15 is 0 Å². The molecule has 0 unspecified atom stereocenters. The number of anilines is 1. The van der Waals surface area contributed by atoms with E-state index in [1.807, 2.05) is 4.90 Å². The average Bonchev–Trinajstić information content (AvgIpc) is 3.44. The molecule has 0 spiro atoms. The van der Waals surface area contributed by atoms with Gasteiger partial charge in [-0.3, -0.25) is 10.1 Å². The molecule has 0 saturated carbocycles. The molecule has 1 aromatic heterocycles. The summed E-state index contributed by atoms with van der Waals surface area (Å²) < 4.78 is 10.8. The van der Waals surface area contributed by atoms with Crippen molar-refractivity contribution in [3.63, 3.8) is 0 Å². The van der Waals surface area contributed by atoms with Gasteiger partial charge in [0.05, 0.1) is 16.2 Å². The number of nitro benzene ring substituents is 1. The van der Waals surface area contributed by atoms with Crippen molar-refractivity contribution in [3.05, 3.63) is 69.1 Å². The van der Waals surface area contributed by atoms with Crippen molar-refractivity contribution in [2.45, 2.75) is 19.4 Å². The summed E-state index contributed by atoms with van der Waals surface area (Å²) in [5.74, 6) is -0.306. The summed E-state index contributed by atoms with van der Waals surface area (Å²) in [6, 6.07) is 11.1. The maximum atomic E-state index is 12.7. The third kappa shape index (κ3) is 4.25. The van der Waals surface area contributed by atoms with Crippen LogP contribution in [0.4, 0.5) is 11.4 Å². The van der Waals surface area contributed by atoms with Crippen molar-refractivity contribution >= 4 is 28.9 Å². The van der Waals surface area contributed by atoms with Gasteiger partial charge in [-0.1, -0.05) is 11.6 Å². The normalized spacial score (nSPS) is 13.4. The average molecular weight is 429 g/mol. The van der Waals surface area contributed by atoms with Crippen LogP contribution in [0.3, 0.4) is 0 Å². The number of rotatable bonds is 6. The number of nitro groups is 1. The molecule has 1 saturated heterocycles. The summed E-state index contributed by atoms with van der Waals surface area (Å²) in [6.45, 7) is 1.32. The van der Waals surface area contributed by atoms with Gasteiger partial charge in [-0.2, -0.15) is 0 Å². The quantitative estimate of drug-likeness (QED) is 0.325. The number of hydrogen-bond donors (Lipinski definition) is 0. The molecule has 0 aliphatic carbocycles.